The first-order valence-corrected chi connectivity index (χ1v) is 6.86. The Bertz CT molecular complexity index is 504. The minimum Gasteiger partial charge on any atom is -0.490 e. The number of fused-ring (bicyclic) bond motifs is 1. The van der Waals surface area contributed by atoms with Gasteiger partial charge in [0, 0.05) is 10.9 Å². The molecule has 3 N–H and O–H groups in total. The molecule has 0 aromatic heterocycles. The van der Waals surface area contributed by atoms with Crippen LogP contribution in [-0.2, 0) is 11.2 Å². The van der Waals surface area contributed by atoms with Gasteiger partial charge in [-0.1, -0.05) is 15.9 Å². The largest absolute Gasteiger partial charge is 0.490 e. The summed E-state index contributed by atoms with van der Waals surface area (Å²) >= 11 is 3.45. The molecule has 0 radical (unpaired) electrons. The molecule has 1 heterocycles. The predicted molar refractivity (Wildman–Crippen MR) is 73.8 cm³/mol. The Morgan fingerprint density at radius 1 is 1.53 bits per heavy atom. The molecule has 19 heavy (non-hydrogen) atoms. The third kappa shape index (κ3) is 3.01. The minimum atomic E-state index is -1.02. The van der Waals surface area contributed by atoms with Gasteiger partial charge >= 0.3 is 5.97 Å². The summed E-state index contributed by atoms with van der Waals surface area (Å²) in [6.07, 6.45) is 1.08. The van der Waals surface area contributed by atoms with Gasteiger partial charge in [0.15, 0.2) is 11.5 Å². The molecule has 0 spiro atoms. The van der Waals surface area contributed by atoms with Gasteiger partial charge in [0.25, 0.3) is 0 Å². The van der Waals surface area contributed by atoms with E-state index < -0.39 is 12.0 Å². The fraction of sp³-hybridized carbons (Fsp3) is 0.462. The lowest BCUT2D eigenvalue weighted by atomic mass is 10.00. The van der Waals surface area contributed by atoms with Crippen molar-refractivity contribution < 1.29 is 19.4 Å². The van der Waals surface area contributed by atoms with Crippen molar-refractivity contribution in [1.82, 2.24) is 0 Å². The van der Waals surface area contributed by atoms with Gasteiger partial charge in [0.2, 0.25) is 0 Å². The molecule has 1 aliphatic heterocycles. The number of nitrogens with two attached hydrogens (primary N) is 1. The highest BCUT2D eigenvalue weighted by atomic mass is 79.9. The first-order valence-electron chi connectivity index (χ1n) is 6.06. The van der Waals surface area contributed by atoms with Crippen molar-refractivity contribution in [3.8, 4) is 11.5 Å². The minimum absolute atomic E-state index is 0.248. The van der Waals surface area contributed by atoms with E-state index in [0.29, 0.717) is 24.7 Å². The average molecular weight is 330 g/mol. The van der Waals surface area contributed by atoms with Crippen LogP contribution in [0.5, 0.6) is 11.5 Å². The van der Waals surface area contributed by atoms with E-state index in [2.05, 4.69) is 15.9 Å². The summed E-state index contributed by atoms with van der Waals surface area (Å²) in [5, 5.41) is 8.91. The maximum atomic E-state index is 10.9. The van der Waals surface area contributed by atoms with Gasteiger partial charge in [-0.3, -0.25) is 4.79 Å². The van der Waals surface area contributed by atoms with Crippen LogP contribution in [0.15, 0.2) is 10.5 Å². The Morgan fingerprint density at radius 2 is 2.21 bits per heavy atom. The monoisotopic (exact) mass is 329 g/mol. The Hall–Kier alpha value is -1.27. The van der Waals surface area contributed by atoms with Gasteiger partial charge < -0.3 is 20.3 Å². The van der Waals surface area contributed by atoms with Crippen LogP contribution < -0.4 is 15.2 Å². The molecule has 0 saturated heterocycles. The van der Waals surface area contributed by atoms with Crippen molar-refractivity contribution >= 4 is 21.9 Å². The summed E-state index contributed by atoms with van der Waals surface area (Å²) < 4.78 is 12.1. The molecule has 0 fully saturated rings. The smallest absolute Gasteiger partial charge is 0.320 e. The zero-order valence-corrected chi connectivity index (χ0v) is 12.2. The van der Waals surface area contributed by atoms with Gasteiger partial charge in [-0.05, 0) is 30.5 Å². The SMILES string of the molecule is Cc1c(CC(N)C(=O)O)c(Br)cc2c1OCCCO2. The summed E-state index contributed by atoms with van der Waals surface area (Å²) in [4.78, 5) is 10.9. The molecule has 0 amide bonds. The van der Waals surface area contributed by atoms with E-state index in [1.165, 1.54) is 0 Å². The third-order valence-corrected chi connectivity index (χ3v) is 3.80. The molecule has 2 rings (SSSR count). The quantitative estimate of drug-likeness (QED) is 0.884. The van der Waals surface area contributed by atoms with Crippen LogP contribution in [-0.4, -0.2) is 30.3 Å². The topological polar surface area (TPSA) is 81.8 Å². The van der Waals surface area contributed by atoms with E-state index >= 15 is 0 Å². The summed E-state index contributed by atoms with van der Waals surface area (Å²) in [5.74, 6) is 0.362. The molecule has 0 aliphatic carbocycles. The maximum absolute atomic E-state index is 10.9. The molecule has 6 heteroatoms. The predicted octanol–water partition coefficient (Wildman–Crippen LogP) is 1.87. The number of carboxylic acid groups (broad SMARTS) is 1. The molecule has 0 bridgehead atoms. The number of ether oxygens (including phenoxy) is 2. The van der Waals surface area contributed by atoms with Gasteiger partial charge in [-0.15, -0.1) is 0 Å². The van der Waals surface area contributed by atoms with E-state index in [9.17, 15) is 4.79 Å². The second-order valence-electron chi connectivity index (χ2n) is 4.49. The van der Waals surface area contributed by atoms with Gasteiger partial charge in [-0.2, -0.15) is 0 Å². The maximum Gasteiger partial charge on any atom is 0.320 e. The third-order valence-electron chi connectivity index (χ3n) is 3.10. The average Bonchev–Trinajstić information content (AvgIpc) is 2.59. The number of hydrogen-bond acceptors (Lipinski definition) is 4. The van der Waals surface area contributed by atoms with Crippen LogP contribution in [0.25, 0.3) is 0 Å². The summed E-state index contributed by atoms with van der Waals surface area (Å²) in [6, 6.07) is 0.886. The van der Waals surface area contributed by atoms with E-state index in [4.69, 9.17) is 20.3 Å². The molecule has 1 aromatic rings. The van der Waals surface area contributed by atoms with Crippen molar-refractivity contribution in [3.63, 3.8) is 0 Å². The second kappa shape index (κ2) is 5.79. The Kier molecular flexibility index (Phi) is 4.31. The molecule has 1 unspecified atom stereocenters. The van der Waals surface area contributed by atoms with Crippen LogP contribution in [0, 0.1) is 6.92 Å². The Balaban J connectivity index is 2.39. The normalized spacial score (nSPS) is 15.7. The number of aliphatic carboxylic acids is 1. The number of carbonyl (C=O) groups is 1. The highest BCUT2D eigenvalue weighted by molar-refractivity contribution is 9.10. The van der Waals surface area contributed by atoms with E-state index in [1.54, 1.807) is 0 Å². The van der Waals surface area contributed by atoms with E-state index in [1.807, 2.05) is 13.0 Å². The van der Waals surface area contributed by atoms with Gasteiger partial charge in [-0.25, -0.2) is 0 Å². The molecule has 5 nitrogen and oxygen atoms in total. The van der Waals surface area contributed by atoms with Crippen LogP contribution in [0.1, 0.15) is 17.5 Å². The summed E-state index contributed by atoms with van der Waals surface area (Å²) in [6.45, 7) is 3.11. The van der Waals surface area contributed by atoms with Crippen molar-refractivity contribution in [3.05, 3.63) is 21.7 Å². The van der Waals surface area contributed by atoms with Crippen LogP contribution in [0.3, 0.4) is 0 Å². The van der Waals surface area contributed by atoms with Crippen molar-refractivity contribution in [2.45, 2.75) is 25.8 Å². The molecule has 1 aromatic carbocycles. The fourth-order valence-electron chi connectivity index (χ4n) is 2.03. The molecular weight excluding hydrogens is 314 g/mol. The Labute approximate surface area is 119 Å². The van der Waals surface area contributed by atoms with Gasteiger partial charge in [0.1, 0.15) is 6.04 Å². The zero-order valence-electron chi connectivity index (χ0n) is 10.6. The zero-order chi connectivity index (χ0) is 14.0. The number of hydrogen-bond donors (Lipinski definition) is 2. The molecule has 1 atom stereocenters. The standard InChI is InChI=1S/C13H16BrNO4/c1-7-8(5-10(15)13(16)17)9(14)6-11-12(7)19-4-2-3-18-11/h6,10H,2-5,15H2,1H3,(H,16,17). The first-order chi connectivity index (χ1) is 9.00. The number of carboxylic acids is 1. The summed E-state index contributed by atoms with van der Waals surface area (Å²) in [7, 11) is 0. The second-order valence-corrected chi connectivity index (χ2v) is 5.34. The highest BCUT2D eigenvalue weighted by Crippen LogP contribution is 2.39. The lowest BCUT2D eigenvalue weighted by Crippen LogP contribution is -2.32. The number of halogens is 1. The molecule has 0 saturated carbocycles. The fourth-order valence-corrected chi connectivity index (χ4v) is 2.70. The van der Waals surface area contributed by atoms with Crippen molar-refractivity contribution in [1.29, 1.82) is 0 Å². The first kappa shape index (κ1) is 14.1. The Morgan fingerprint density at radius 3 is 2.89 bits per heavy atom. The molecular formula is C13H16BrNO4. The lowest BCUT2D eigenvalue weighted by Gasteiger charge is -2.17. The molecule has 104 valence electrons. The van der Waals surface area contributed by atoms with Crippen LogP contribution >= 0.6 is 15.9 Å². The van der Waals surface area contributed by atoms with E-state index in [-0.39, 0.29) is 6.42 Å². The summed E-state index contributed by atoms with van der Waals surface area (Å²) in [5.41, 5.74) is 7.32. The van der Waals surface area contributed by atoms with Crippen molar-refractivity contribution in [2.75, 3.05) is 13.2 Å². The highest BCUT2D eigenvalue weighted by Gasteiger charge is 2.22. The molecule has 1 aliphatic rings. The number of benzene rings is 1. The van der Waals surface area contributed by atoms with E-state index in [0.717, 1.165) is 22.0 Å². The van der Waals surface area contributed by atoms with Crippen LogP contribution in [0.2, 0.25) is 0 Å². The lowest BCUT2D eigenvalue weighted by molar-refractivity contribution is -0.138. The number of rotatable bonds is 3. The van der Waals surface area contributed by atoms with Gasteiger partial charge in [0.05, 0.1) is 13.2 Å². The van der Waals surface area contributed by atoms with Crippen molar-refractivity contribution in [2.24, 2.45) is 5.73 Å². The van der Waals surface area contributed by atoms with Crippen LogP contribution in [0.4, 0.5) is 0 Å².